The minimum atomic E-state index is -2.85. The molecule has 2 aliphatic heterocycles. The van der Waals surface area contributed by atoms with Crippen molar-refractivity contribution in [2.75, 3.05) is 5.50 Å². The van der Waals surface area contributed by atoms with Gasteiger partial charge >= 0.3 is 15.1 Å². The van der Waals surface area contributed by atoms with E-state index in [0.29, 0.717) is 5.50 Å². The summed E-state index contributed by atoms with van der Waals surface area (Å²) in [6.45, 7) is 27.2. The molecule has 0 atom stereocenters. The van der Waals surface area contributed by atoms with Crippen LogP contribution in [0, 0.1) is 0 Å². The molecule has 0 unspecified atom stereocenters. The van der Waals surface area contributed by atoms with Gasteiger partial charge in [-0.2, -0.15) is 0 Å². The summed E-state index contributed by atoms with van der Waals surface area (Å²) in [6, 6.07) is 0. The molecule has 8 heteroatoms. The zero-order valence-corrected chi connectivity index (χ0v) is 24.1. The van der Waals surface area contributed by atoms with E-state index in [0.717, 1.165) is 0 Å². The van der Waals surface area contributed by atoms with Crippen molar-refractivity contribution in [1.82, 2.24) is 18.3 Å². The van der Waals surface area contributed by atoms with Gasteiger partial charge in [0.1, 0.15) is 0 Å². The van der Waals surface area contributed by atoms with Gasteiger partial charge in [0.05, 0.1) is 5.50 Å². The van der Waals surface area contributed by atoms with Crippen molar-refractivity contribution in [1.29, 1.82) is 0 Å². The van der Waals surface area contributed by atoms with Gasteiger partial charge in [-0.05, 0) is 83.1 Å². The average Bonchev–Trinajstić information content (AvgIpc) is 3.04. The number of hydrogen-bond donors (Lipinski definition) is 0. The van der Waals surface area contributed by atoms with E-state index in [1.165, 1.54) is 0 Å². The maximum Gasteiger partial charge on any atom is 0.396 e. The third-order valence-corrected chi connectivity index (χ3v) is 25.4. The molecule has 0 aromatic carbocycles. The molecule has 0 aliphatic carbocycles. The summed E-state index contributed by atoms with van der Waals surface area (Å²) in [5.41, 5.74) is 0.175. The Morgan fingerprint density at radius 2 is 0.793 bits per heavy atom. The second-order valence-electron chi connectivity index (χ2n) is 12.3. The molecular weight excluding hydrogens is 435 g/mol. The van der Waals surface area contributed by atoms with Crippen LogP contribution in [0.5, 0.6) is 0 Å². The summed E-state index contributed by atoms with van der Waals surface area (Å²) in [7, 11) is -5.51. The van der Waals surface area contributed by atoms with E-state index in [1.54, 1.807) is 0 Å². The van der Waals surface area contributed by atoms with Gasteiger partial charge in [0, 0.05) is 47.0 Å². The molecular formula is C21H42Cl2N4Si2. The van der Waals surface area contributed by atoms with E-state index < -0.39 is 15.1 Å². The summed E-state index contributed by atoms with van der Waals surface area (Å²) in [5.74, 6) is 0. The highest BCUT2D eigenvalue weighted by atomic mass is 35.6. The predicted molar refractivity (Wildman–Crippen MR) is 133 cm³/mol. The van der Waals surface area contributed by atoms with Crippen molar-refractivity contribution in [3.05, 3.63) is 24.8 Å². The standard InChI is InChI=1S/C21H42Cl2N4Si2/c1-18(2,3)24-13-14-25(19(4,5)6)28(24,17-22)29(23)26(20(7,8)9)15-16-27(29)21(10,11)12/h13-16H,17H2,1-12H3. The average molecular weight is 478 g/mol. The first-order valence-corrected chi connectivity index (χ1v) is 17.1. The number of alkyl halides is 1. The SMILES string of the molecule is CC(C)(C)N1C=CN(C(C)(C)C)[Si]1(Cl)[Si]1(CCl)N(C(C)(C)C)C=CN1C(C)(C)C. The Balaban J connectivity index is 2.91. The monoisotopic (exact) mass is 476 g/mol. The van der Waals surface area contributed by atoms with Crippen LogP contribution >= 0.6 is 22.7 Å². The largest absolute Gasteiger partial charge is 0.396 e. The Hall–Kier alpha value is -0.306. The fourth-order valence-corrected chi connectivity index (χ4v) is 28.9. The lowest BCUT2D eigenvalue weighted by Crippen LogP contribution is -2.89. The van der Waals surface area contributed by atoms with Crippen LogP contribution in [0.1, 0.15) is 83.1 Å². The Kier molecular flexibility index (Phi) is 6.12. The highest BCUT2D eigenvalue weighted by molar-refractivity contribution is 7.57. The molecule has 2 aliphatic rings. The Morgan fingerprint density at radius 3 is 1.00 bits per heavy atom. The van der Waals surface area contributed by atoms with Gasteiger partial charge in [-0.15, -0.1) is 22.7 Å². The zero-order valence-electron chi connectivity index (χ0n) is 20.6. The summed E-state index contributed by atoms with van der Waals surface area (Å²) in [5, 5.41) is 0. The highest BCUT2D eigenvalue weighted by Crippen LogP contribution is 2.50. The summed E-state index contributed by atoms with van der Waals surface area (Å²) in [4.78, 5) is 0. The summed E-state index contributed by atoms with van der Waals surface area (Å²) >= 11 is 15.2. The fourth-order valence-electron chi connectivity index (χ4n) is 4.74. The first-order valence-electron chi connectivity index (χ1n) is 10.5. The van der Waals surface area contributed by atoms with E-state index in [1.807, 2.05) is 0 Å². The lowest BCUT2D eigenvalue weighted by Gasteiger charge is -2.62. The van der Waals surface area contributed by atoms with Crippen LogP contribution in [-0.4, -0.2) is 61.1 Å². The molecule has 0 N–H and O–H groups in total. The maximum absolute atomic E-state index is 8.12. The van der Waals surface area contributed by atoms with Gasteiger partial charge in [0.15, 0.2) is 0 Å². The molecule has 0 aromatic heterocycles. The molecule has 2 heterocycles. The molecule has 0 saturated heterocycles. The van der Waals surface area contributed by atoms with Crippen molar-refractivity contribution in [2.24, 2.45) is 0 Å². The first kappa shape index (κ1) is 25.0. The third-order valence-electron chi connectivity index (χ3n) is 5.75. The predicted octanol–water partition coefficient (Wildman–Crippen LogP) is 5.83. The van der Waals surface area contributed by atoms with Crippen LogP contribution in [0.25, 0.3) is 0 Å². The lowest BCUT2D eigenvalue weighted by atomic mass is 10.1. The van der Waals surface area contributed by atoms with Crippen molar-refractivity contribution in [3.63, 3.8) is 0 Å². The molecule has 29 heavy (non-hydrogen) atoms. The quantitative estimate of drug-likeness (QED) is 0.282. The summed E-state index contributed by atoms with van der Waals surface area (Å²) < 4.78 is 10.1. The van der Waals surface area contributed by atoms with Crippen LogP contribution in [0.2, 0.25) is 0 Å². The van der Waals surface area contributed by atoms with Crippen LogP contribution in [-0.2, 0) is 0 Å². The molecule has 4 nitrogen and oxygen atoms in total. The Morgan fingerprint density at radius 1 is 0.552 bits per heavy atom. The number of rotatable bonds is 2. The molecule has 0 amide bonds. The van der Waals surface area contributed by atoms with E-state index in [9.17, 15) is 0 Å². The van der Waals surface area contributed by atoms with Crippen molar-refractivity contribution < 1.29 is 0 Å². The van der Waals surface area contributed by atoms with Gasteiger partial charge < -0.3 is 18.3 Å². The molecule has 0 aromatic rings. The Bertz CT molecular complexity index is 633. The minimum Gasteiger partial charge on any atom is -0.379 e. The summed E-state index contributed by atoms with van der Waals surface area (Å²) in [6.07, 6.45) is 8.98. The van der Waals surface area contributed by atoms with Gasteiger partial charge in [-0.1, -0.05) is 0 Å². The fraction of sp³-hybridized carbons (Fsp3) is 0.810. The van der Waals surface area contributed by atoms with E-state index in [4.69, 9.17) is 22.7 Å². The Labute approximate surface area is 191 Å². The van der Waals surface area contributed by atoms with Crippen LogP contribution in [0.15, 0.2) is 24.8 Å². The molecule has 0 radical (unpaired) electrons. The van der Waals surface area contributed by atoms with Crippen LogP contribution in [0.4, 0.5) is 0 Å². The van der Waals surface area contributed by atoms with Crippen LogP contribution < -0.4 is 0 Å². The molecule has 2 rings (SSSR count). The smallest absolute Gasteiger partial charge is 0.379 e. The molecule has 0 spiro atoms. The zero-order chi connectivity index (χ0) is 22.8. The van der Waals surface area contributed by atoms with Gasteiger partial charge in [0.2, 0.25) is 0 Å². The molecule has 168 valence electrons. The number of halogens is 2. The second kappa shape index (κ2) is 7.11. The van der Waals surface area contributed by atoms with Crippen molar-refractivity contribution in [3.8, 4) is 0 Å². The van der Waals surface area contributed by atoms with E-state index in [-0.39, 0.29) is 22.2 Å². The lowest BCUT2D eigenvalue weighted by molar-refractivity contribution is 0.247. The normalized spacial score (nSPS) is 22.3. The number of hydrogen-bond acceptors (Lipinski definition) is 4. The van der Waals surface area contributed by atoms with Crippen molar-refractivity contribution >= 4 is 37.8 Å². The van der Waals surface area contributed by atoms with E-state index in [2.05, 4.69) is 126 Å². The van der Waals surface area contributed by atoms with Gasteiger partial charge in [-0.25, -0.2) is 0 Å². The highest BCUT2D eigenvalue weighted by Gasteiger charge is 2.76. The van der Waals surface area contributed by atoms with Crippen LogP contribution in [0.3, 0.4) is 0 Å². The minimum absolute atomic E-state index is 0.0812. The maximum atomic E-state index is 8.12. The second-order valence-corrected chi connectivity index (χ2v) is 25.1. The third kappa shape index (κ3) is 3.76. The van der Waals surface area contributed by atoms with Gasteiger partial charge in [-0.3, -0.25) is 0 Å². The van der Waals surface area contributed by atoms with E-state index >= 15 is 0 Å². The first-order chi connectivity index (χ1) is 12.8. The number of nitrogens with zero attached hydrogens (tertiary/aromatic N) is 4. The molecule has 0 fully saturated rings. The van der Waals surface area contributed by atoms with Gasteiger partial charge in [0.25, 0.3) is 0 Å². The molecule has 0 bridgehead atoms. The topological polar surface area (TPSA) is 13.0 Å². The molecule has 0 saturated carbocycles. The van der Waals surface area contributed by atoms with Crippen molar-refractivity contribution in [2.45, 2.75) is 105 Å².